The molecule has 0 saturated carbocycles. The molecule has 6 nitrogen and oxygen atoms in total. The number of carbonyl (C=O) groups excluding carboxylic acids is 1. The summed E-state index contributed by atoms with van der Waals surface area (Å²) in [6, 6.07) is 4.45. The van der Waals surface area contributed by atoms with Crippen molar-refractivity contribution in [3.05, 3.63) is 23.8 Å². The number of rotatable bonds is 5. The van der Waals surface area contributed by atoms with Crippen molar-refractivity contribution >= 4 is 23.3 Å². The Kier molecular flexibility index (Phi) is 4.96. The highest BCUT2D eigenvalue weighted by atomic mass is 16.4. The molecule has 110 valence electrons. The van der Waals surface area contributed by atoms with E-state index >= 15 is 0 Å². The lowest BCUT2D eigenvalue weighted by Crippen LogP contribution is -2.41. The normalized spacial score (nSPS) is 10.9. The number of carbonyl (C=O) groups is 2. The third-order valence-electron chi connectivity index (χ3n) is 2.48. The zero-order valence-electron chi connectivity index (χ0n) is 12.0. The van der Waals surface area contributed by atoms with Gasteiger partial charge in [0.15, 0.2) is 0 Å². The van der Waals surface area contributed by atoms with Crippen LogP contribution in [0.25, 0.3) is 0 Å². The van der Waals surface area contributed by atoms with Gasteiger partial charge < -0.3 is 21.5 Å². The van der Waals surface area contributed by atoms with Gasteiger partial charge in [-0.25, -0.2) is 4.79 Å². The summed E-state index contributed by atoms with van der Waals surface area (Å²) in [5.74, 6) is -1.07. The lowest BCUT2D eigenvalue weighted by Gasteiger charge is -2.20. The predicted octanol–water partition coefficient (Wildman–Crippen LogP) is 1.68. The summed E-state index contributed by atoms with van der Waals surface area (Å²) in [7, 11) is 0. The molecular formula is C14H21N3O3. The predicted molar refractivity (Wildman–Crippen MR) is 78.8 cm³/mol. The molecule has 0 unspecified atom stereocenters. The van der Waals surface area contributed by atoms with Gasteiger partial charge in [-0.3, -0.25) is 4.79 Å². The van der Waals surface area contributed by atoms with Crippen molar-refractivity contribution in [2.45, 2.75) is 32.7 Å². The van der Waals surface area contributed by atoms with Crippen molar-refractivity contribution in [3.8, 4) is 0 Å². The van der Waals surface area contributed by atoms with E-state index in [2.05, 4.69) is 10.6 Å². The molecule has 20 heavy (non-hydrogen) atoms. The summed E-state index contributed by atoms with van der Waals surface area (Å²) in [6.07, 6.45) is 0.317. The van der Waals surface area contributed by atoms with Crippen molar-refractivity contribution < 1.29 is 14.7 Å². The van der Waals surface area contributed by atoms with Crippen LogP contribution in [0.3, 0.4) is 0 Å². The van der Waals surface area contributed by atoms with Crippen LogP contribution in [-0.4, -0.2) is 29.1 Å². The quantitative estimate of drug-likeness (QED) is 0.614. The Balaban J connectivity index is 2.51. The van der Waals surface area contributed by atoms with Gasteiger partial charge in [-0.2, -0.15) is 0 Å². The Morgan fingerprint density at radius 2 is 1.95 bits per heavy atom. The summed E-state index contributed by atoms with van der Waals surface area (Å²) in [6.45, 7) is 6.18. The SMILES string of the molecule is CC(C)(C)NC(=O)CCNc1ccc(C(=O)O)cc1N. The van der Waals surface area contributed by atoms with Crippen molar-refractivity contribution in [2.24, 2.45) is 0 Å². The molecule has 0 spiro atoms. The average Bonchev–Trinajstić information content (AvgIpc) is 2.28. The molecule has 0 fully saturated rings. The van der Waals surface area contributed by atoms with E-state index < -0.39 is 5.97 Å². The standard InChI is InChI=1S/C14H21N3O3/c1-14(2,3)17-12(18)6-7-16-11-5-4-9(13(19)20)8-10(11)15/h4-5,8,16H,6-7,15H2,1-3H3,(H,17,18)(H,19,20). The monoisotopic (exact) mass is 279 g/mol. The number of hydrogen-bond donors (Lipinski definition) is 4. The number of carboxylic acid groups (broad SMARTS) is 1. The molecule has 1 aromatic rings. The maximum atomic E-state index is 11.6. The average molecular weight is 279 g/mol. The second-order valence-electron chi connectivity index (χ2n) is 5.58. The maximum Gasteiger partial charge on any atom is 0.335 e. The highest BCUT2D eigenvalue weighted by molar-refractivity contribution is 5.90. The molecule has 0 heterocycles. The number of nitrogens with one attached hydrogen (secondary N) is 2. The van der Waals surface area contributed by atoms with Crippen LogP contribution in [0.4, 0.5) is 11.4 Å². The number of benzene rings is 1. The number of hydrogen-bond acceptors (Lipinski definition) is 4. The second-order valence-corrected chi connectivity index (χ2v) is 5.58. The molecule has 0 atom stereocenters. The summed E-state index contributed by atoms with van der Waals surface area (Å²) < 4.78 is 0. The first-order chi connectivity index (χ1) is 9.19. The number of nitrogen functional groups attached to an aromatic ring is 1. The lowest BCUT2D eigenvalue weighted by molar-refractivity contribution is -0.122. The molecule has 0 aromatic heterocycles. The van der Waals surface area contributed by atoms with Gasteiger partial charge in [-0.15, -0.1) is 0 Å². The van der Waals surface area contributed by atoms with Gasteiger partial charge in [-0.05, 0) is 39.0 Å². The van der Waals surface area contributed by atoms with Crippen LogP contribution >= 0.6 is 0 Å². The number of aromatic carboxylic acids is 1. The molecule has 0 aliphatic rings. The first-order valence-corrected chi connectivity index (χ1v) is 6.37. The molecule has 0 saturated heterocycles. The van der Waals surface area contributed by atoms with Crippen LogP contribution in [0.15, 0.2) is 18.2 Å². The molecule has 6 heteroatoms. The Bertz CT molecular complexity index is 507. The van der Waals surface area contributed by atoms with E-state index in [0.29, 0.717) is 24.3 Å². The van der Waals surface area contributed by atoms with Gasteiger partial charge in [0.05, 0.1) is 16.9 Å². The smallest absolute Gasteiger partial charge is 0.335 e. The molecular weight excluding hydrogens is 258 g/mol. The van der Waals surface area contributed by atoms with Crippen molar-refractivity contribution in [1.82, 2.24) is 5.32 Å². The zero-order chi connectivity index (χ0) is 15.3. The van der Waals surface area contributed by atoms with E-state index in [4.69, 9.17) is 10.8 Å². The van der Waals surface area contributed by atoms with E-state index in [1.54, 1.807) is 6.07 Å². The molecule has 5 N–H and O–H groups in total. The summed E-state index contributed by atoms with van der Waals surface area (Å²) >= 11 is 0. The Hall–Kier alpha value is -2.24. The Morgan fingerprint density at radius 3 is 2.45 bits per heavy atom. The third-order valence-corrected chi connectivity index (χ3v) is 2.48. The van der Waals surface area contributed by atoms with Gasteiger partial charge >= 0.3 is 5.97 Å². The Labute approximate surface area is 118 Å². The number of nitrogens with two attached hydrogens (primary N) is 1. The number of carboxylic acids is 1. The van der Waals surface area contributed by atoms with Gasteiger partial charge in [0.2, 0.25) is 5.91 Å². The van der Waals surface area contributed by atoms with E-state index in [0.717, 1.165) is 0 Å². The lowest BCUT2D eigenvalue weighted by atomic mass is 10.1. The van der Waals surface area contributed by atoms with Crippen LogP contribution in [0.2, 0.25) is 0 Å². The first kappa shape index (κ1) is 15.8. The van der Waals surface area contributed by atoms with Gasteiger partial charge in [0.25, 0.3) is 0 Å². The minimum Gasteiger partial charge on any atom is -0.478 e. The van der Waals surface area contributed by atoms with E-state index in [1.807, 2.05) is 20.8 Å². The number of anilines is 2. The first-order valence-electron chi connectivity index (χ1n) is 6.37. The minimum absolute atomic E-state index is 0.0503. The van der Waals surface area contributed by atoms with Crippen LogP contribution in [0.1, 0.15) is 37.6 Å². The van der Waals surface area contributed by atoms with Crippen LogP contribution in [-0.2, 0) is 4.79 Å². The van der Waals surface area contributed by atoms with Crippen molar-refractivity contribution in [1.29, 1.82) is 0 Å². The molecule has 0 aliphatic carbocycles. The molecule has 1 rings (SSSR count). The third kappa shape index (κ3) is 5.17. The largest absolute Gasteiger partial charge is 0.478 e. The van der Waals surface area contributed by atoms with Gasteiger partial charge in [0.1, 0.15) is 0 Å². The molecule has 1 amide bonds. The summed E-state index contributed by atoms with van der Waals surface area (Å²) in [5.41, 5.74) is 6.61. The fourth-order valence-electron chi connectivity index (χ4n) is 1.65. The van der Waals surface area contributed by atoms with Crippen LogP contribution in [0.5, 0.6) is 0 Å². The second kappa shape index (κ2) is 6.27. The van der Waals surface area contributed by atoms with Crippen molar-refractivity contribution in [3.63, 3.8) is 0 Å². The highest BCUT2D eigenvalue weighted by Gasteiger charge is 2.13. The fourth-order valence-corrected chi connectivity index (χ4v) is 1.65. The number of amides is 1. The zero-order valence-corrected chi connectivity index (χ0v) is 12.0. The highest BCUT2D eigenvalue weighted by Crippen LogP contribution is 2.19. The van der Waals surface area contributed by atoms with E-state index in [-0.39, 0.29) is 17.0 Å². The van der Waals surface area contributed by atoms with E-state index in [9.17, 15) is 9.59 Å². The minimum atomic E-state index is -1.02. The molecule has 0 bridgehead atoms. The summed E-state index contributed by atoms with van der Waals surface area (Å²) in [4.78, 5) is 22.4. The molecule has 0 radical (unpaired) electrons. The van der Waals surface area contributed by atoms with E-state index in [1.165, 1.54) is 12.1 Å². The van der Waals surface area contributed by atoms with Crippen LogP contribution < -0.4 is 16.4 Å². The molecule has 0 aliphatic heterocycles. The van der Waals surface area contributed by atoms with Crippen LogP contribution in [0, 0.1) is 0 Å². The Morgan fingerprint density at radius 1 is 1.30 bits per heavy atom. The van der Waals surface area contributed by atoms with Crippen molar-refractivity contribution in [2.75, 3.05) is 17.6 Å². The van der Waals surface area contributed by atoms with Gasteiger partial charge in [-0.1, -0.05) is 0 Å². The van der Waals surface area contributed by atoms with Gasteiger partial charge in [0, 0.05) is 18.5 Å². The fraction of sp³-hybridized carbons (Fsp3) is 0.429. The topological polar surface area (TPSA) is 104 Å². The maximum absolute atomic E-state index is 11.6. The summed E-state index contributed by atoms with van der Waals surface area (Å²) in [5, 5.41) is 14.7. The molecule has 1 aromatic carbocycles.